The molecule has 4 rings (SSSR count). The largest absolute Gasteiger partial charge is 0.380 e. The summed E-state index contributed by atoms with van der Waals surface area (Å²) in [5.74, 6) is 1.52. The maximum atomic E-state index is 4.00. The highest BCUT2D eigenvalue weighted by atomic mass is 15.0. The number of rotatable bonds is 7. The van der Waals surface area contributed by atoms with Crippen LogP contribution in [0.3, 0.4) is 0 Å². The monoisotopic (exact) mass is 376 g/mol. The number of hydrogen-bond donors (Lipinski definition) is 2. The molecule has 150 valence electrons. The van der Waals surface area contributed by atoms with Crippen molar-refractivity contribution in [2.24, 2.45) is 11.8 Å². The predicted molar refractivity (Wildman–Crippen MR) is 121 cm³/mol. The van der Waals surface area contributed by atoms with Gasteiger partial charge >= 0.3 is 0 Å². The van der Waals surface area contributed by atoms with Crippen LogP contribution in [0.15, 0.2) is 60.7 Å². The molecule has 0 heterocycles. The zero-order chi connectivity index (χ0) is 19.0. The highest BCUT2D eigenvalue weighted by Crippen LogP contribution is 2.37. The Morgan fingerprint density at radius 2 is 0.857 bits per heavy atom. The number of benzene rings is 2. The van der Waals surface area contributed by atoms with Crippen LogP contribution in [0.25, 0.3) is 0 Å². The van der Waals surface area contributed by atoms with E-state index in [1.54, 1.807) is 0 Å². The average molecular weight is 377 g/mol. The molecule has 2 aromatic carbocycles. The summed E-state index contributed by atoms with van der Waals surface area (Å²) in [7, 11) is 0. The second-order valence-corrected chi connectivity index (χ2v) is 8.87. The summed E-state index contributed by atoms with van der Waals surface area (Å²) >= 11 is 0. The lowest BCUT2D eigenvalue weighted by atomic mass is 9.73. The van der Waals surface area contributed by atoms with Gasteiger partial charge in [-0.15, -0.1) is 0 Å². The van der Waals surface area contributed by atoms with Crippen LogP contribution in [0, 0.1) is 11.8 Å². The van der Waals surface area contributed by atoms with Crippen molar-refractivity contribution in [3.05, 3.63) is 60.7 Å². The second-order valence-electron chi connectivity index (χ2n) is 8.87. The average Bonchev–Trinajstić information content (AvgIpc) is 2.79. The minimum absolute atomic E-state index is 0.492. The van der Waals surface area contributed by atoms with E-state index in [0.717, 1.165) is 11.8 Å². The van der Waals surface area contributed by atoms with Gasteiger partial charge in [0.05, 0.1) is 0 Å². The van der Waals surface area contributed by atoms with Gasteiger partial charge in [-0.2, -0.15) is 0 Å². The number of nitrogens with one attached hydrogen (secondary N) is 2. The fourth-order valence-corrected chi connectivity index (χ4v) is 5.44. The quantitative estimate of drug-likeness (QED) is 0.538. The van der Waals surface area contributed by atoms with Crippen molar-refractivity contribution in [2.75, 3.05) is 10.6 Å². The summed E-state index contributed by atoms with van der Waals surface area (Å²) in [4.78, 5) is 0. The number of para-hydroxylation sites is 2. The van der Waals surface area contributed by atoms with Crippen molar-refractivity contribution in [2.45, 2.75) is 76.3 Å². The second kappa shape index (κ2) is 10.0. The van der Waals surface area contributed by atoms with Crippen LogP contribution in [0.5, 0.6) is 0 Å². The summed E-state index contributed by atoms with van der Waals surface area (Å²) in [5, 5.41) is 8.01. The number of anilines is 2. The first-order valence-electron chi connectivity index (χ1n) is 11.5. The maximum absolute atomic E-state index is 4.00. The molecular weight excluding hydrogens is 340 g/mol. The Hall–Kier alpha value is -1.96. The van der Waals surface area contributed by atoms with Crippen LogP contribution >= 0.6 is 0 Å². The van der Waals surface area contributed by atoms with Crippen molar-refractivity contribution in [1.29, 1.82) is 0 Å². The van der Waals surface area contributed by atoms with Gasteiger partial charge < -0.3 is 10.6 Å². The molecule has 2 aliphatic carbocycles. The molecule has 0 radical (unpaired) electrons. The van der Waals surface area contributed by atoms with E-state index in [-0.39, 0.29) is 0 Å². The normalized spacial score (nSPS) is 21.0. The summed E-state index contributed by atoms with van der Waals surface area (Å²) in [6.45, 7) is 0. The van der Waals surface area contributed by atoms with E-state index in [0.29, 0.717) is 12.1 Å². The highest BCUT2D eigenvalue weighted by molar-refractivity contribution is 5.48. The summed E-state index contributed by atoms with van der Waals surface area (Å²) in [6.07, 6.45) is 13.8. The SMILES string of the molecule is c1ccc(NC(C2CCCCC2)C(Nc2ccccc2)C2CCCCC2)cc1. The van der Waals surface area contributed by atoms with E-state index in [1.807, 2.05) is 0 Å². The third-order valence-corrected chi connectivity index (χ3v) is 6.92. The van der Waals surface area contributed by atoms with Crippen molar-refractivity contribution >= 4 is 11.4 Å². The van der Waals surface area contributed by atoms with Gasteiger partial charge in [-0.1, -0.05) is 74.9 Å². The van der Waals surface area contributed by atoms with E-state index < -0.39 is 0 Å². The van der Waals surface area contributed by atoms with Crippen LogP contribution in [-0.4, -0.2) is 12.1 Å². The molecule has 2 N–H and O–H groups in total. The molecular formula is C26H36N2. The first-order chi connectivity index (χ1) is 13.9. The predicted octanol–water partition coefficient (Wildman–Crippen LogP) is 7.11. The Bertz CT molecular complexity index is 611. The van der Waals surface area contributed by atoms with E-state index in [9.17, 15) is 0 Å². The van der Waals surface area contributed by atoms with E-state index in [4.69, 9.17) is 0 Å². The summed E-state index contributed by atoms with van der Waals surface area (Å²) in [6, 6.07) is 22.8. The maximum Gasteiger partial charge on any atom is 0.0493 e. The van der Waals surface area contributed by atoms with Crippen molar-refractivity contribution in [1.82, 2.24) is 0 Å². The molecule has 0 amide bonds. The summed E-state index contributed by atoms with van der Waals surface area (Å²) < 4.78 is 0. The van der Waals surface area contributed by atoms with Gasteiger partial charge in [-0.25, -0.2) is 0 Å². The molecule has 0 bridgehead atoms. The lowest BCUT2D eigenvalue weighted by Gasteiger charge is -2.42. The van der Waals surface area contributed by atoms with Gasteiger partial charge in [0, 0.05) is 23.5 Å². The molecule has 2 aliphatic rings. The molecule has 2 fully saturated rings. The van der Waals surface area contributed by atoms with Crippen molar-refractivity contribution in [3.8, 4) is 0 Å². The van der Waals surface area contributed by atoms with Crippen LogP contribution in [-0.2, 0) is 0 Å². The molecule has 2 saturated carbocycles. The van der Waals surface area contributed by atoms with Crippen LogP contribution in [0.1, 0.15) is 64.2 Å². The fourth-order valence-electron chi connectivity index (χ4n) is 5.44. The first kappa shape index (κ1) is 19.4. The molecule has 0 spiro atoms. The Morgan fingerprint density at radius 3 is 1.21 bits per heavy atom. The van der Waals surface area contributed by atoms with E-state index >= 15 is 0 Å². The fraction of sp³-hybridized carbons (Fsp3) is 0.538. The lowest BCUT2D eigenvalue weighted by Crippen LogP contribution is -2.49. The molecule has 2 aromatic rings. The molecule has 2 atom stereocenters. The topological polar surface area (TPSA) is 24.1 Å². The zero-order valence-corrected chi connectivity index (χ0v) is 17.2. The molecule has 28 heavy (non-hydrogen) atoms. The Balaban J connectivity index is 1.62. The zero-order valence-electron chi connectivity index (χ0n) is 17.2. The molecule has 2 heteroatoms. The molecule has 0 aliphatic heterocycles. The van der Waals surface area contributed by atoms with E-state index in [2.05, 4.69) is 71.3 Å². The highest BCUT2D eigenvalue weighted by Gasteiger charge is 2.36. The standard InChI is InChI=1S/C26H36N2/c1-5-13-21(14-6-1)25(27-23-17-9-3-10-18-23)26(22-15-7-2-8-16-22)28-24-19-11-4-12-20-24/h3-4,9-12,17-22,25-28H,1-2,5-8,13-16H2. The molecule has 2 nitrogen and oxygen atoms in total. The molecule has 0 aromatic heterocycles. The van der Waals surface area contributed by atoms with Crippen LogP contribution in [0.2, 0.25) is 0 Å². The Labute approximate surface area is 171 Å². The van der Waals surface area contributed by atoms with Gasteiger partial charge in [-0.05, 0) is 61.8 Å². The smallest absolute Gasteiger partial charge is 0.0493 e. The summed E-state index contributed by atoms with van der Waals surface area (Å²) in [5.41, 5.74) is 2.54. The third kappa shape index (κ3) is 5.10. The third-order valence-electron chi connectivity index (χ3n) is 6.92. The minimum Gasteiger partial charge on any atom is -0.380 e. The van der Waals surface area contributed by atoms with Gasteiger partial charge in [-0.3, -0.25) is 0 Å². The van der Waals surface area contributed by atoms with Crippen molar-refractivity contribution < 1.29 is 0 Å². The van der Waals surface area contributed by atoms with Gasteiger partial charge in [0.15, 0.2) is 0 Å². The Kier molecular flexibility index (Phi) is 6.91. The van der Waals surface area contributed by atoms with Gasteiger partial charge in [0.25, 0.3) is 0 Å². The van der Waals surface area contributed by atoms with Gasteiger partial charge in [0.2, 0.25) is 0 Å². The van der Waals surface area contributed by atoms with Gasteiger partial charge in [0.1, 0.15) is 0 Å². The van der Waals surface area contributed by atoms with Crippen LogP contribution < -0.4 is 10.6 Å². The van der Waals surface area contributed by atoms with Crippen LogP contribution in [0.4, 0.5) is 11.4 Å². The van der Waals surface area contributed by atoms with Crippen molar-refractivity contribution in [3.63, 3.8) is 0 Å². The molecule has 2 unspecified atom stereocenters. The number of hydrogen-bond acceptors (Lipinski definition) is 2. The van der Waals surface area contributed by atoms with E-state index in [1.165, 1.54) is 75.6 Å². The first-order valence-corrected chi connectivity index (χ1v) is 11.5. The Morgan fingerprint density at radius 1 is 0.500 bits per heavy atom. The minimum atomic E-state index is 0.492. The molecule has 0 saturated heterocycles. The lowest BCUT2D eigenvalue weighted by molar-refractivity contribution is 0.233.